The Balaban J connectivity index is 2.35. The molecule has 0 amide bonds. The predicted octanol–water partition coefficient (Wildman–Crippen LogP) is 2.60. The van der Waals surface area contributed by atoms with E-state index >= 15 is 0 Å². The van der Waals surface area contributed by atoms with E-state index in [1.807, 2.05) is 6.92 Å². The summed E-state index contributed by atoms with van der Waals surface area (Å²) in [6, 6.07) is 1.79. The van der Waals surface area contributed by atoms with Crippen molar-refractivity contribution < 1.29 is 10.2 Å². The van der Waals surface area contributed by atoms with Gasteiger partial charge in [0.2, 0.25) is 0 Å². The van der Waals surface area contributed by atoms with Crippen LogP contribution in [0.15, 0.2) is 24.7 Å². The van der Waals surface area contributed by atoms with E-state index in [9.17, 15) is 5.11 Å². The first-order valence-corrected chi connectivity index (χ1v) is 7.77. The van der Waals surface area contributed by atoms with Crippen molar-refractivity contribution in [2.24, 2.45) is 0 Å². The first-order chi connectivity index (χ1) is 10.8. The second kappa shape index (κ2) is 7.21. The largest absolute Gasteiger partial charge is 0.396 e. The summed E-state index contributed by atoms with van der Waals surface area (Å²) in [6.45, 7) is 5.38. The fourth-order valence-electron chi connectivity index (χ4n) is 2.07. The molecule has 0 aromatic carbocycles. The SMILES string of the molecule is C[C@@H](CCO)Nc1cc(Cl)ncc1-c1cnc(C(C)(C)O)cn1. The van der Waals surface area contributed by atoms with Crippen molar-refractivity contribution in [3.63, 3.8) is 0 Å². The molecule has 0 saturated heterocycles. The Bertz CT molecular complexity index is 656. The van der Waals surface area contributed by atoms with Gasteiger partial charge < -0.3 is 15.5 Å². The number of nitrogens with zero attached hydrogens (tertiary/aromatic N) is 3. The highest BCUT2D eigenvalue weighted by molar-refractivity contribution is 6.29. The molecule has 2 rings (SSSR count). The lowest BCUT2D eigenvalue weighted by molar-refractivity contribution is 0.0734. The van der Waals surface area contributed by atoms with E-state index in [1.54, 1.807) is 38.5 Å². The minimum absolute atomic E-state index is 0.0702. The third kappa shape index (κ3) is 4.60. The Morgan fingerprint density at radius 3 is 2.52 bits per heavy atom. The van der Waals surface area contributed by atoms with Crippen molar-refractivity contribution in [2.45, 2.75) is 38.8 Å². The average Bonchev–Trinajstić information content (AvgIpc) is 2.47. The molecule has 0 spiro atoms. The van der Waals surface area contributed by atoms with Gasteiger partial charge in [0.1, 0.15) is 10.8 Å². The van der Waals surface area contributed by atoms with Crippen molar-refractivity contribution in [2.75, 3.05) is 11.9 Å². The summed E-state index contributed by atoms with van der Waals surface area (Å²) < 4.78 is 0. The molecule has 0 aliphatic heterocycles. The van der Waals surface area contributed by atoms with Crippen LogP contribution in [-0.2, 0) is 5.60 Å². The molecule has 3 N–H and O–H groups in total. The Morgan fingerprint density at radius 1 is 1.22 bits per heavy atom. The molecule has 2 heterocycles. The van der Waals surface area contributed by atoms with E-state index in [0.29, 0.717) is 23.0 Å². The van der Waals surface area contributed by atoms with Crippen LogP contribution in [0.3, 0.4) is 0 Å². The molecule has 6 nitrogen and oxygen atoms in total. The average molecular weight is 337 g/mol. The Kier molecular flexibility index (Phi) is 5.51. The van der Waals surface area contributed by atoms with Gasteiger partial charge in [0, 0.05) is 30.1 Å². The first-order valence-electron chi connectivity index (χ1n) is 7.39. The summed E-state index contributed by atoms with van der Waals surface area (Å²) in [5, 5.41) is 22.7. The molecule has 124 valence electrons. The van der Waals surface area contributed by atoms with Gasteiger partial charge in [-0.25, -0.2) is 4.98 Å². The number of aliphatic hydroxyl groups is 2. The number of pyridine rings is 1. The molecule has 0 radical (unpaired) electrons. The standard InChI is InChI=1S/C16H21ClN4O2/c1-10(4-5-22)21-12-6-15(17)20-7-11(12)13-8-19-14(9-18-13)16(2,3)23/h6-10,22-23H,4-5H2,1-3H3,(H,20,21)/t10-/m0/s1. The monoisotopic (exact) mass is 336 g/mol. The van der Waals surface area contributed by atoms with Crippen molar-refractivity contribution in [3.8, 4) is 11.3 Å². The number of hydrogen-bond acceptors (Lipinski definition) is 6. The fraction of sp³-hybridized carbons (Fsp3) is 0.438. The Morgan fingerprint density at radius 2 is 1.96 bits per heavy atom. The van der Waals surface area contributed by atoms with E-state index in [2.05, 4.69) is 20.3 Å². The van der Waals surface area contributed by atoms with Gasteiger partial charge in [-0.2, -0.15) is 0 Å². The van der Waals surface area contributed by atoms with Gasteiger partial charge in [0.25, 0.3) is 0 Å². The van der Waals surface area contributed by atoms with Gasteiger partial charge in [-0.1, -0.05) is 11.6 Å². The summed E-state index contributed by atoms with van der Waals surface area (Å²) in [4.78, 5) is 12.7. The number of anilines is 1. The third-order valence-corrected chi connectivity index (χ3v) is 3.60. The molecule has 1 atom stereocenters. The van der Waals surface area contributed by atoms with Crippen molar-refractivity contribution in [1.29, 1.82) is 0 Å². The van der Waals surface area contributed by atoms with Gasteiger partial charge in [-0.05, 0) is 33.3 Å². The molecular formula is C16H21ClN4O2. The number of hydrogen-bond donors (Lipinski definition) is 3. The Labute approximate surface area is 140 Å². The smallest absolute Gasteiger partial charge is 0.131 e. The molecule has 23 heavy (non-hydrogen) atoms. The van der Waals surface area contributed by atoms with E-state index in [1.165, 1.54) is 0 Å². The van der Waals surface area contributed by atoms with E-state index in [0.717, 1.165) is 11.3 Å². The predicted molar refractivity (Wildman–Crippen MR) is 90.3 cm³/mol. The topological polar surface area (TPSA) is 91.2 Å². The van der Waals surface area contributed by atoms with Crippen LogP contribution in [0.1, 0.15) is 32.9 Å². The highest BCUT2D eigenvalue weighted by atomic mass is 35.5. The lowest BCUT2D eigenvalue weighted by Gasteiger charge is -2.18. The minimum Gasteiger partial charge on any atom is -0.396 e. The van der Waals surface area contributed by atoms with Gasteiger partial charge in [-0.3, -0.25) is 9.97 Å². The van der Waals surface area contributed by atoms with Crippen LogP contribution in [0.4, 0.5) is 5.69 Å². The maximum atomic E-state index is 9.95. The lowest BCUT2D eigenvalue weighted by atomic mass is 10.1. The van der Waals surface area contributed by atoms with Crippen LogP contribution in [-0.4, -0.2) is 37.8 Å². The van der Waals surface area contributed by atoms with Crippen molar-refractivity contribution >= 4 is 17.3 Å². The molecule has 7 heteroatoms. The first kappa shape index (κ1) is 17.6. The van der Waals surface area contributed by atoms with E-state index in [-0.39, 0.29) is 12.6 Å². The number of halogens is 1. The minimum atomic E-state index is -1.04. The van der Waals surface area contributed by atoms with Crippen LogP contribution in [0.5, 0.6) is 0 Å². The summed E-state index contributed by atoms with van der Waals surface area (Å²) in [5.74, 6) is 0. The van der Waals surface area contributed by atoms with Gasteiger partial charge in [0.15, 0.2) is 0 Å². The molecule has 0 bridgehead atoms. The maximum Gasteiger partial charge on any atom is 0.131 e. The van der Waals surface area contributed by atoms with Gasteiger partial charge >= 0.3 is 0 Å². The molecule has 2 aromatic heterocycles. The molecule has 0 unspecified atom stereocenters. The zero-order chi connectivity index (χ0) is 17.0. The van der Waals surface area contributed by atoms with Crippen LogP contribution >= 0.6 is 11.6 Å². The van der Waals surface area contributed by atoms with Crippen molar-refractivity contribution in [1.82, 2.24) is 15.0 Å². The van der Waals surface area contributed by atoms with Crippen LogP contribution in [0, 0.1) is 0 Å². The molecule has 0 saturated carbocycles. The number of aliphatic hydroxyl groups excluding tert-OH is 1. The number of nitrogens with one attached hydrogen (secondary N) is 1. The normalized spacial score (nSPS) is 13.0. The second-order valence-electron chi connectivity index (χ2n) is 5.96. The molecule has 2 aromatic rings. The van der Waals surface area contributed by atoms with Crippen molar-refractivity contribution in [3.05, 3.63) is 35.5 Å². The summed E-state index contributed by atoms with van der Waals surface area (Å²) in [5.41, 5.74) is 1.61. The molecule has 0 aliphatic rings. The van der Waals surface area contributed by atoms with Gasteiger partial charge in [-0.15, -0.1) is 0 Å². The number of aromatic nitrogens is 3. The summed E-state index contributed by atoms with van der Waals surface area (Å²) in [7, 11) is 0. The highest BCUT2D eigenvalue weighted by Crippen LogP contribution is 2.29. The Hall–Kier alpha value is -1.76. The number of rotatable bonds is 6. The zero-order valence-electron chi connectivity index (χ0n) is 13.4. The van der Waals surface area contributed by atoms with E-state index < -0.39 is 5.60 Å². The molecule has 0 fully saturated rings. The van der Waals surface area contributed by atoms with E-state index in [4.69, 9.17) is 16.7 Å². The zero-order valence-corrected chi connectivity index (χ0v) is 14.2. The summed E-state index contributed by atoms with van der Waals surface area (Å²) >= 11 is 5.98. The quantitative estimate of drug-likeness (QED) is 0.702. The summed E-state index contributed by atoms with van der Waals surface area (Å²) in [6.07, 6.45) is 5.39. The van der Waals surface area contributed by atoms with Crippen LogP contribution in [0.25, 0.3) is 11.3 Å². The third-order valence-electron chi connectivity index (χ3n) is 3.39. The van der Waals surface area contributed by atoms with Crippen LogP contribution < -0.4 is 5.32 Å². The molecule has 0 aliphatic carbocycles. The fourth-order valence-corrected chi connectivity index (χ4v) is 2.23. The molecular weight excluding hydrogens is 316 g/mol. The highest BCUT2D eigenvalue weighted by Gasteiger charge is 2.19. The second-order valence-corrected chi connectivity index (χ2v) is 6.34. The lowest BCUT2D eigenvalue weighted by Crippen LogP contribution is -2.18. The van der Waals surface area contributed by atoms with Crippen LogP contribution in [0.2, 0.25) is 5.15 Å². The van der Waals surface area contributed by atoms with Gasteiger partial charge in [0.05, 0.1) is 23.8 Å². The maximum absolute atomic E-state index is 9.95.